The molecule has 5 rings (SSSR count). The summed E-state index contributed by atoms with van der Waals surface area (Å²) in [7, 11) is 0.924. The van der Waals surface area contributed by atoms with E-state index >= 15 is 0 Å². The molecule has 3 aromatic rings. The average molecular weight is 580 g/mol. The van der Waals surface area contributed by atoms with Gasteiger partial charge in [-0.3, -0.25) is 4.68 Å². The van der Waals surface area contributed by atoms with Gasteiger partial charge in [0.25, 0.3) is 6.43 Å². The molecule has 1 aliphatic heterocycles. The maximum absolute atomic E-state index is 13.5. The molecule has 2 fully saturated rings. The van der Waals surface area contributed by atoms with E-state index in [1.165, 1.54) is 17.0 Å². The number of hydrogen-bond acceptors (Lipinski definition) is 9. The molecular weight excluding hydrogens is 552 g/mol. The van der Waals surface area contributed by atoms with E-state index in [2.05, 4.69) is 20.0 Å². The summed E-state index contributed by atoms with van der Waals surface area (Å²) >= 11 is 0.689. The topological polar surface area (TPSA) is 140 Å². The third-order valence-electron chi connectivity index (χ3n) is 6.92. The summed E-state index contributed by atoms with van der Waals surface area (Å²) in [5.41, 5.74) is 0.229. The molecule has 1 atom stereocenters. The number of nitrogens with one attached hydrogen (secondary N) is 1. The van der Waals surface area contributed by atoms with Crippen LogP contribution in [-0.4, -0.2) is 89.5 Å². The Hall–Kier alpha value is -3.42. The van der Waals surface area contributed by atoms with E-state index in [9.17, 15) is 27.3 Å². The van der Waals surface area contributed by atoms with E-state index in [0.29, 0.717) is 60.4 Å². The molecule has 208 valence electrons. The minimum Gasteiger partial charge on any atom is -0.366 e. The van der Waals surface area contributed by atoms with Gasteiger partial charge in [-0.2, -0.15) is 15.1 Å². The van der Waals surface area contributed by atoms with Crippen molar-refractivity contribution in [3.05, 3.63) is 17.1 Å². The molecule has 0 spiro atoms. The lowest BCUT2D eigenvalue weighted by Gasteiger charge is -2.42. The van der Waals surface area contributed by atoms with Crippen LogP contribution in [0.15, 0.2) is 17.0 Å². The molecular formula is C23H27F2N9O3S2. The van der Waals surface area contributed by atoms with Crippen molar-refractivity contribution < 1.29 is 22.0 Å². The Kier molecular flexibility index (Phi) is 6.72. The first-order valence-corrected chi connectivity index (χ1v) is 14.5. The number of rotatable bonds is 6. The zero-order chi connectivity index (χ0) is 28.3. The highest BCUT2D eigenvalue weighted by atomic mass is 32.2. The van der Waals surface area contributed by atoms with E-state index < -0.39 is 27.0 Å². The van der Waals surface area contributed by atoms with Gasteiger partial charge in [0.1, 0.15) is 11.2 Å². The van der Waals surface area contributed by atoms with Crippen LogP contribution >= 0.6 is 11.3 Å². The quantitative estimate of drug-likeness (QED) is 0.470. The number of anilines is 1. The zero-order valence-corrected chi connectivity index (χ0v) is 23.4. The number of aromatic nitrogens is 4. The second-order valence-electron chi connectivity index (χ2n) is 10.0. The molecule has 2 aliphatic rings. The summed E-state index contributed by atoms with van der Waals surface area (Å²) in [6.45, 7) is 3.17. The number of carbonyl (C=O) groups is 1. The largest absolute Gasteiger partial charge is 0.366 e. The number of amides is 2. The van der Waals surface area contributed by atoms with Gasteiger partial charge in [-0.25, -0.2) is 22.0 Å². The first-order valence-electron chi connectivity index (χ1n) is 12.2. The van der Waals surface area contributed by atoms with Crippen LogP contribution in [-0.2, 0) is 17.1 Å². The number of benzene rings is 1. The highest BCUT2D eigenvalue weighted by Crippen LogP contribution is 2.40. The summed E-state index contributed by atoms with van der Waals surface area (Å²) in [6.07, 6.45) is -1.97. The van der Waals surface area contributed by atoms with E-state index in [0.717, 1.165) is 0 Å². The third-order valence-corrected chi connectivity index (χ3v) is 9.38. The van der Waals surface area contributed by atoms with Crippen molar-refractivity contribution in [2.24, 2.45) is 7.05 Å². The number of aryl methyl sites for hydroxylation is 1. The Morgan fingerprint density at radius 2 is 2.00 bits per heavy atom. The van der Waals surface area contributed by atoms with Crippen LogP contribution in [0.25, 0.3) is 21.6 Å². The van der Waals surface area contributed by atoms with Gasteiger partial charge >= 0.3 is 6.03 Å². The van der Waals surface area contributed by atoms with Gasteiger partial charge in [0.05, 0.1) is 22.2 Å². The summed E-state index contributed by atoms with van der Waals surface area (Å²) in [6, 6.07) is 4.69. The lowest BCUT2D eigenvalue weighted by Crippen LogP contribution is -2.56. The second-order valence-corrected chi connectivity index (χ2v) is 12.7. The Bertz CT molecular complexity index is 1590. The Morgan fingerprint density at radius 3 is 2.56 bits per heavy atom. The van der Waals surface area contributed by atoms with Crippen LogP contribution in [0.2, 0.25) is 0 Å². The van der Waals surface area contributed by atoms with Gasteiger partial charge in [0, 0.05) is 52.2 Å². The van der Waals surface area contributed by atoms with Crippen molar-refractivity contribution in [1.82, 2.24) is 34.5 Å². The highest BCUT2D eigenvalue weighted by molar-refractivity contribution is 7.89. The number of nitrogens with zero attached hydrogens (tertiary/aromatic N) is 8. The first-order chi connectivity index (χ1) is 18.4. The minimum atomic E-state index is -4.13. The van der Waals surface area contributed by atoms with Crippen LogP contribution in [0.4, 0.5) is 19.3 Å². The summed E-state index contributed by atoms with van der Waals surface area (Å²) in [4.78, 5) is 17.8. The SMILES string of the molecule is C[C@@H]1CN(c2cc(S(=O)(=O)NC3(C#N)CC3)cc3c(-c4nnc(C(F)F)s4)nn(C)c23)CCN1C(=O)N(C)C. The molecule has 1 aliphatic carbocycles. The van der Waals surface area contributed by atoms with Crippen LogP contribution in [0.1, 0.15) is 31.2 Å². The van der Waals surface area contributed by atoms with Gasteiger partial charge in [-0.1, -0.05) is 11.3 Å². The van der Waals surface area contributed by atoms with Gasteiger partial charge < -0.3 is 14.7 Å². The number of halogens is 2. The lowest BCUT2D eigenvalue weighted by atomic mass is 10.1. The van der Waals surface area contributed by atoms with Crippen molar-refractivity contribution in [1.29, 1.82) is 5.26 Å². The molecule has 2 amide bonds. The number of nitriles is 1. The van der Waals surface area contributed by atoms with E-state index in [4.69, 9.17) is 0 Å². The normalized spacial score (nSPS) is 19.0. The van der Waals surface area contributed by atoms with Crippen LogP contribution in [0, 0.1) is 11.3 Å². The smallest absolute Gasteiger partial charge is 0.319 e. The molecule has 12 nitrogen and oxygen atoms in total. The molecule has 2 aromatic heterocycles. The fourth-order valence-electron chi connectivity index (χ4n) is 4.74. The summed E-state index contributed by atoms with van der Waals surface area (Å²) in [5.74, 6) is 0. The molecule has 16 heteroatoms. The minimum absolute atomic E-state index is 0.0844. The number of piperazine rings is 1. The number of fused-ring (bicyclic) bond motifs is 1. The van der Waals surface area contributed by atoms with E-state index in [1.54, 1.807) is 30.7 Å². The van der Waals surface area contributed by atoms with E-state index in [-0.39, 0.29) is 27.7 Å². The second kappa shape index (κ2) is 9.65. The number of hydrogen-bond donors (Lipinski definition) is 1. The number of carbonyl (C=O) groups excluding carboxylic acids is 1. The maximum Gasteiger partial charge on any atom is 0.319 e. The molecule has 0 bridgehead atoms. The Balaban J connectivity index is 1.64. The number of urea groups is 1. The van der Waals surface area contributed by atoms with Crippen molar-refractivity contribution in [2.45, 2.75) is 42.7 Å². The first kappa shape index (κ1) is 27.2. The van der Waals surface area contributed by atoms with Crippen LogP contribution < -0.4 is 9.62 Å². The molecule has 1 saturated carbocycles. The van der Waals surface area contributed by atoms with Gasteiger partial charge in [-0.15, -0.1) is 10.2 Å². The van der Waals surface area contributed by atoms with Crippen LogP contribution in [0.5, 0.6) is 0 Å². The molecule has 0 unspecified atom stereocenters. The summed E-state index contributed by atoms with van der Waals surface area (Å²) < 4.78 is 57.5. The van der Waals surface area contributed by atoms with Crippen LogP contribution in [0.3, 0.4) is 0 Å². The van der Waals surface area contributed by atoms with Crippen molar-refractivity contribution >= 4 is 44.0 Å². The standard InChI is InChI=1S/C23H27F2N9O3S2/c1-13-11-33(7-8-34(13)22(35)31(2)3)16-10-14(39(36,37)30-23(12-26)5-6-23)9-15-17(29-32(4)18(15)16)20-27-28-21(38-20)19(24)25/h9-10,13,19,30H,5-8,11H2,1-4H3/t13-/m1/s1. The number of alkyl halides is 2. The Labute approximate surface area is 227 Å². The van der Waals surface area contributed by atoms with E-state index in [1.807, 2.05) is 17.9 Å². The molecule has 3 heterocycles. The average Bonchev–Trinajstić information content (AvgIpc) is 3.31. The monoisotopic (exact) mass is 579 g/mol. The molecule has 1 saturated heterocycles. The highest BCUT2D eigenvalue weighted by Gasteiger charge is 2.47. The maximum atomic E-state index is 13.5. The third kappa shape index (κ3) is 4.90. The molecule has 0 radical (unpaired) electrons. The van der Waals surface area contributed by atoms with Gasteiger partial charge in [-0.05, 0) is 31.9 Å². The van der Waals surface area contributed by atoms with Gasteiger partial charge in [0.15, 0.2) is 10.0 Å². The number of sulfonamides is 1. The van der Waals surface area contributed by atoms with Crippen molar-refractivity contribution in [3.8, 4) is 16.8 Å². The molecule has 1 N–H and O–H groups in total. The fourth-order valence-corrected chi connectivity index (χ4v) is 6.86. The van der Waals surface area contributed by atoms with Crippen molar-refractivity contribution in [3.63, 3.8) is 0 Å². The molecule has 1 aromatic carbocycles. The predicted molar refractivity (Wildman–Crippen MR) is 140 cm³/mol. The fraction of sp³-hybridized carbons (Fsp3) is 0.522. The van der Waals surface area contributed by atoms with Crippen molar-refractivity contribution in [2.75, 3.05) is 38.6 Å². The summed E-state index contributed by atoms with van der Waals surface area (Å²) in [5, 5.41) is 21.5. The Morgan fingerprint density at radius 1 is 1.28 bits per heavy atom. The lowest BCUT2D eigenvalue weighted by molar-refractivity contribution is 0.147. The zero-order valence-electron chi connectivity index (χ0n) is 21.7. The predicted octanol–water partition coefficient (Wildman–Crippen LogP) is 2.56. The molecule has 39 heavy (non-hydrogen) atoms. The van der Waals surface area contributed by atoms with Gasteiger partial charge in [0.2, 0.25) is 10.0 Å².